The van der Waals surface area contributed by atoms with E-state index in [1.54, 1.807) is 0 Å². The molecule has 1 heteroatoms. The molecule has 0 spiro atoms. The molecule has 0 amide bonds. The molecule has 0 unspecified atom stereocenters. The molecule has 6 aromatic rings. The standard InChI is InChI=1S/C39H27B/c1-7-19-31-25(13-1)26-14-2-8-20-32(26)37(31)40(38-33-21-9-3-15-27(33)28-16-4-10-22-34(28)38)39-35-23-11-5-17-29(35)30-18-6-12-24-36(30)39/h1-24,37-39H. The lowest BCUT2D eigenvalue weighted by atomic mass is 9.24. The van der Waals surface area contributed by atoms with E-state index in [4.69, 9.17) is 0 Å². The Balaban J connectivity index is 1.39. The third-order valence-electron chi connectivity index (χ3n) is 9.80. The van der Waals surface area contributed by atoms with E-state index in [-0.39, 0.29) is 17.5 Å². The minimum atomic E-state index is 0.279. The van der Waals surface area contributed by atoms with Crippen LogP contribution < -0.4 is 0 Å². The van der Waals surface area contributed by atoms with E-state index in [2.05, 4.69) is 146 Å². The highest BCUT2D eigenvalue weighted by atomic mass is 14.4. The molecule has 0 aromatic heterocycles. The van der Waals surface area contributed by atoms with Crippen LogP contribution >= 0.6 is 0 Å². The number of benzene rings is 6. The number of rotatable bonds is 3. The summed E-state index contributed by atoms with van der Waals surface area (Å²) in [5, 5.41) is 0. The van der Waals surface area contributed by atoms with Gasteiger partial charge in [-0.05, 0) is 84.2 Å². The van der Waals surface area contributed by atoms with Crippen molar-refractivity contribution in [2.24, 2.45) is 0 Å². The normalized spacial score (nSPS) is 14.7. The molecule has 186 valence electrons. The number of hydrogen-bond donors (Lipinski definition) is 0. The zero-order valence-electron chi connectivity index (χ0n) is 22.2. The maximum Gasteiger partial charge on any atom is 0.180 e. The SMILES string of the molecule is c1ccc2c(c1)-c1ccccc1C2B(C1c2ccccc2-c2ccccc21)C1c2ccccc2-c2ccccc21. The number of fused-ring (bicyclic) bond motifs is 9. The molecule has 40 heavy (non-hydrogen) atoms. The van der Waals surface area contributed by atoms with Crippen LogP contribution in [0.4, 0.5) is 0 Å². The van der Waals surface area contributed by atoms with Crippen LogP contribution in [0.2, 0.25) is 0 Å². The van der Waals surface area contributed by atoms with E-state index in [1.165, 1.54) is 66.8 Å². The lowest BCUT2D eigenvalue weighted by Crippen LogP contribution is -2.38. The summed E-state index contributed by atoms with van der Waals surface area (Å²) in [5.41, 5.74) is 17.2. The molecule has 0 fully saturated rings. The van der Waals surface area contributed by atoms with E-state index in [9.17, 15) is 0 Å². The Hall–Kier alpha value is -4.62. The zero-order valence-corrected chi connectivity index (χ0v) is 22.2. The van der Waals surface area contributed by atoms with Crippen molar-refractivity contribution in [3.63, 3.8) is 0 Å². The number of hydrogen-bond acceptors (Lipinski definition) is 0. The van der Waals surface area contributed by atoms with Crippen molar-refractivity contribution >= 4 is 6.71 Å². The van der Waals surface area contributed by atoms with Gasteiger partial charge in [-0.15, -0.1) is 0 Å². The van der Waals surface area contributed by atoms with E-state index in [0.29, 0.717) is 6.71 Å². The molecule has 6 aromatic carbocycles. The second-order valence-electron chi connectivity index (χ2n) is 11.5. The fourth-order valence-corrected chi connectivity index (χ4v) is 8.40. The fourth-order valence-electron chi connectivity index (χ4n) is 8.40. The quantitative estimate of drug-likeness (QED) is 0.210. The Morgan fingerprint density at radius 2 is 0.425 bits per heavy atom. The maximum absolute atomic E-state index is 2.40. The van der Waals surface area contributed by atoms with Gasteiger partial charge in [0.1, 0.15) is 0 Å². The summed E-state index contributed by atoms with van der Waals surface area (Å²) in [6.45, 7) is 0.305. The van der Waals surface area contributed by atoms with Gasteiger partial charge in [0.2, 0.25) is 0 Å². The summed E-state index contributed by atoms with van der Waals surface area (Å²) in [6, 6.07) is 55.0. The van der Waals surface area contributed by atoms with Gasteiger partial charge >= 0.3 is 0 Å². The van der Waals surface area contributed by atoms with Gasteiger partial charge in [0, 0.05) is 0 Å². The summed E-state index contributed by atoms with van der Waals surface area (Å²) in [5.74, 6) is 0.836. The molecule has 0 atom stereocenters. The second-order valence-corrected chi connectivity index (χ2v) is 11.5. The van der Waals surface area contributed by atoms with E-state index in [0.717, 1.165) is 0 Å². The first-order valence-corrected chi connectivity index (χ1v) is 14.4. The van der Waals surface area contributed by atoms with Crippen LogP contribution in [-0.2, 0) is 0 Å². The second kappa shape index (κ2) is 8.44. The molecule has 0 heterocycles. The molecule has 0 radical (unpaired) electrons. The Labute approximate surface area is 236 Å². The molecule has 3 aliphatic carbocycles. The average molecular weight is 506 g/mol. The van der Waals surface area contributed by atoms with Crippen LogP contribution in [0.3, 0.4) is 0 Å². The summed E-state index contributed by atoms with van der Waals surface area (Å²) in [6.07, 6.45) is 0. The van der Waals surface area contributed by atoms with Crippen molar-refractivity contribution < 1.29 is 0 Å². The lowest BCUT2D eigenvalue weighted by Gasteiger charge is -2.35. The van der Waals surface area contributed by atoms with Gasteiger partial charge in [-0.1, -0.05) is 146 Å². The lowest BCUT2D eigenvalue weighted by molar-refractivity contribution is 0.969. The van der Waals surface area contributed by atoms with Crippen LogP contribution in [0.15, 0.2) is 146 Å². The third-order valence-corrected chi connectivity index (χ3v) is 9.80. The van der Waals surface area contributed by atoms with E-state index >= 15 is 0 Å². The minimum Gasteiger partial charge on any atom is -0.0620 e. The first kappa shape index (κ1) is 22.2. The van der Waals surface area contributed by atoms with E-state index < -0.39 is 0 Å². The predicted octanol–water partition coefficient (Wildman–Crippen LogP) is 9.54. The largest absolute Gasteiger partial charge is 0.180 e. The van der Waals surface area contributed by atoms with Gasteiger partial charge in [-0.2, -0.15) is 0 Å². The fraction of sp³-hybridized carbons (Fsp3) is 0.0769. The monoisotopic (exact) mass is 506 g/mol. The van der Waals surface area contributed by atoms with Crippen molar-refractivity contribution in [2.45, 2.75) is 17.5 Å². The highest BCUT2D eigenvalue weighted by molar-refractivity contribution is 6.67. The zero-order chi connectivity index (χ0) is 26.2. The van der Waals surface area contributed by atoms with Gasteiger partial charge < -0.3 is 0 Å². The van der Waals surface area contributed by atoms with Crippen LogP contribution in [-0.4, -0.2) is 6.71 Å². The molecule has 0 nitrogen and oxygen atoms in total. The molecule has 0 saturated carbocycles. The molecular formula is C39H27B. The summed E-state index contributed by atoms with van der Waals surface area (Å²) < 4.78 is 0. The van der Waals surface area contributed by atoms with Crippen LogP contribution in [0.1, 0.15) is 50.8 Å². The molecule has 0 aliphatic heterocycles. The molecule has 9 rings (SSSR count). The van der Waals surface area contributed by atoms with Crippen LogP contribution in [0.25, 0.3) is 33.4 Å². The highest BCUT2D eigenvalue weighted by Crippen LogP contribution is 2.59. The Morgan fingerprint density at radius 1 is 0.250 bits per heavy atom. The smallest absolute Gasteiger partial charge is 0.0620 e. The summed E-state index contributed by atoms with van der Waals surface area (Å²) in [4.78, 5) is 0. The third kappa shape index (κ3) is 2.93. The Kier molecular flexibility index (Phi) is 4.69. The van der Waals surface area contributed by atoms with Crippen LogP contribution in [0, 0.1) is 0 Å². The Bertz CT molecular complexity index is 1590. The van der Waals surface area contributed by atoms with Gasteiger partial charge in [-0.3, -0.25) is 0 Å². The maximum atomic E-state index is 2.40. The first-order valence-electron chi connectivity index (χ1n) is 14.4. The van der Waals surface area contributed by atoms with Crippen molar-refractivity contribution in [2.75, 3.05) is 0 Å². The molecule has 0 saturated heterocycles. The minimum absolute atomic E-state index is 0.279. The van der Waals surface area contributed by atoms with Crippen molar-refractivity contribution in [3.05, 3.63) is 179 Å². The van der Waals surface area contributed by atoms with Crippen molar-refractivity contribution in [1.29, 1.82) is 0 Å². The predicted molar refractivity (Wildman–Crippen MR) is 167 cm³/mol. The highest BCUT2D eigenvalue weighted by Gasteiger charge is 2.51. The van der Waals surface area contributed by atoms with E-state index in [1.807, 2.05) is 0 Å². The first-order chi connectivity index (χ1) is 19.9. The molecule has 0 N–H and O–H groups in total. The molecule has 0 bridgehead atoms. The molecule has 3 aliphatic rings. The van der Waals surface area contributed by atoms with Gasteiger partial charge in [-0.25, -0.2) is 0 Å². The van der Waals surface area contributed by atoms with Crippen molar-refractivity contribution in [3.8, 4) is 33.4 Å². The van der Waals surface area contributed by atoms with Gasteiger partial charge in [0.15, 0.2) is 6.71 Å². The van der Waals surface area contributed by atoms with Gasteiger partial charge in [0.05, 0.1) is 0 Å². The summed E-state index contributed by atoms with van der Waals surface area (Å²) >= 11 is 0. The Morgan fingerprint density at radius 3 is 0.625 bits per heavy atom. The summed E-state index contributed by atoms with van der Waals surface area (Å²) in [7, 11) is 0. The topological polar surface area (TPSA) is 0 Å². The average Bonchev–Trinajstić information content (AvgIpc) is 3.65. The molecular weight excluding hydrogens is 479 g/mol. The van der Waals surface area contributed by atoms with Crippen molar-refractivity contribution in [1.82, 2.24) is 0 Å². The van der Waals surface area contributed by atoms with Gasteiger partial charge in [0.25, 0.3) is 0 Å². The van der Waals surface area contributed by atoms with Crippen LogP contribution in [0.5, 0.6) is 0 Å².